The van der Waals surface area contributed by atoms with Gasteiger partial charge in [-0.15, -0.1) is 0 Å². The van der Waals surface area contributed by atoms with E-state index in [4.69, 9.17) is 4.74 Å². The highest BCUT2D eigenvalue weighted by molar-refractivity contribution is 5.92. The molecule has 0 fully saturated rings. The van der Waals surface area contributed by atoms with E-state index in [1.807, 2.05) is 51.1 Å². The van der Waals surface area contributed by atoms with Gasteiger partial charge in [0, 0.05) is 5.69 Å². The van der Waals surface area contributed by atoms with Crippen LogP contribution in [-0.2, 0) is 4.79 Å². The number of hydrogen-bond acceptors (Lipinski definition) is 3. The van der Waals surface area contributed by atoms with Gasteiger partial charge in [0.1, 0.15) is 5.75 Å². The van der Waals surface area contributed by atoms with Gasteiger partial charge >= 0.3 is 0 Å². The topological polar surface area (TPSA) is 58.6 Å². The van der Waals surface area contributed by atoms with E-state index in [1.165, 1.54) is 0 Å². The van der Waals surface area contributed by atoms with E-state index >= 15 is 0 Å². The van der Waals surface area contributed by atoms with Crippen molar-refractivity contribution in [2.45, 2.75) is 33.3 Å². The number of benzene rings is 2. The minimum Gasteiger partial charge on any atom is -0.484 e. The zero-order valence-corrected chi connectivity index (χ0v) is 13.8. The maximum absolute atomic E-state index is 12.0. The molecule has 122 valence electrons. The number of amides is 1. The second-order valence-corrected chi connectivity index (χ2v) is 5.65. The molecule has 2 aromatic carbocycles. The summed E-state index contributed by atoms with van der Waals surface area (Å²) in [5.74, 6) is 0.407. The Morgan fingerprint density at radius 2 is 1.87 bits per heavy atom. The van der Waals surface area contributed by atoms with Gasteiger partial charge in [-0.2, -0.15) is 0 Å². The first-order valence-electron chi connectivity index (χ1n) is 7.77. The van der Waals surface area contributed by atoms with Crippen LogP contribution < -0.4 is 10.1 Å². The molecule has 0 aliphatic rings. The van der Waals surface area contributed by atoms with Crippen LogP contribution in [0.15, 0.2) is 42.5 Å². The summed E-state index contributed by atoms with van der Waals surface area (Å²) in [6, 6.07) is 13.1. The number of aliphatic hydroxyl groups is 1. The van der Waals surface area contributed by atoms with Crippen molar-refractivity contribution in [2.75, 3.05) is 11.9 Å². The zero-order chi connectivity index (χ0) is 16.8. The fourth-order valence-electron chi connectivity index (χ4n) is 2.23. The lowest BCUT2D eigenvalue weighted by Gasteiger charge is -2.11. The molecule has 2 aromatic rings. The molecule has 1 atom stereocenters. The molecule has 0 saturated carbocycles. The molecule has 0 aliphatic carbocycles. The highest BCUT2D eigenvalue weighted by Crippen LogP contribution is 2.20. The Balaban J connectivity index is 1.90. The summed E-state index contributed by atoms with van der Waals surface area (Å²) in [5, 5.41) is 12.6. The molecule has 0 saturated heterocycles. The molecule has 0 spiro atoms. The van der Waals surface area contributed by atoms with Crippen LogP contribution in [-0.4, -0.2) is 17.6 Å². The molecule has 2 rings (SSSR count). The summed E-state index contributed by atoms with van der Waals surface area (Å²) in [6.07, 6.45) is 0.204. The van der Waals surface area contributed by atoms with Gasteiger partial charge in [0.05, 0.1) is 6.10 Å². The molecule has 1 unspecified atom stereocenters. The molecule has 4 nitrogen and oxygen atoms in total. The predicted octanol–water partition coefficient (Wildman–Crippen LogP) is 3.76. The van der Waals surface area contributed by atoms with Crippen LogP contribution in [0.2, 0.25) is 0 Å². The van der Waals surface area contributed by atoms with Crippen LogP contribution in [0, 0.1) is 13.8 Å². The van der Waals surface area contributed by atoms with Gasteiger partial charge in [0.25, 0.3) is 5.91 Å². The fourth-order valence-corrected chi connectivity index (χ4v) is 2.23. The van der Waals surface area contributed by atoms with Crippen molar-refractivity contribution in [1.82, 2.24) is 0 Å². The van der Waals surface area contributed by atoms with Gasteiger partial charge in [-0.1, -0.05) is 31.2 Å². The SMILES string of the molecule is CCC(O)c1ccc(OCC(=O)Nc2cc(C)ccc2C)cc1. The Hall–Kier alpha value is -2.33. The van der Waals surface area contributed by atoms with E-state index in [2.05, 4.69) is 5.32 Å². The normalized spacial score (nSPS) is 11.8. The fraction of sp³-hybridized carbons (Fsp3) is 0.316. The molecule has 2 N–H and O–H groups in total. The minimum atomic E-state index is -0.461. The molecular weight excluding hydrogens is 290 g/mol. The first-order valence-corrected chi connectivity index (χ1v) is 7.77. The van der Waals surface area contributed by atoms with E-state index in [1.54, 1.807) is 12.1 Å². The lowest BCUT2D eigenvalue weighted by molar-refractivity contribution is -0.118. The van der Waals surface area contributed by atoms with Crippen molar-refractivity contribution >= 4 is 11.6 Å². The summed E-state index contributed by atoms with van der Waals surface area (Å²) in [6.45, 7) is 5.81. The Bertz CT molecular complexity index is 665. The van der Waals surface area contributed by atoms with Crippen LogP contribution >= 0.6 is 0 Å². The molecule has 4 heteroatoms. The van der Waals surface area contributed by atoms with Crippen molar-refractivity contribution in [3.63, 3.8) is 0 Å². The Morgan fingerprint density at radius 1 is 1.17 bits per heavy atom. The van der Waals surface area contributed by atoms with E-state index in [-0.39, 0.29) is 12.5 Å². The Labute approximate surface area is 137 Å². The number of rotatable bonds is 6. The van der Waals surface area contributed by atoms with Crippen molar-refractivity contribution in [1.29, 1.82) is 0 Å². The predicted molar refractivity (Wildman–Crippen MR) is 91.7 cm³/mol. The summed E-state index contributed by atoms with van der Waals surface area (Å²) < 4.78 is 5.48. The second kappa shape index (κ2) is 7.79. The van der Waals surface area contributed by atoms with Gasteiger partial charge < -0.3 is 15.2 Å². The van der Waals surface area contributed by atoms with E-state index in [0.29, 0.717) is 12.2 Å². The molecule has 23 heavy (non-hydrogen) atoms. The largest absolute Gasteiger partial charge is 0.484 e. The third-order valence-electron chi connectivity index (χ3n) is 3.69. The van der Waals surface area contributed by atoms with E-state index < -0.39 is 6.10 Å². The second-order valence-electron chi connectivity index (χ2n) is 5.65. The van der Waals surface area contributed by atoms with Crippen molar-refractivity contribution in [2.24, 2.45) is 0 Å². The highest BCUT2D eigenvalue weighted by atomic mass is 16.5. The first kappa shape index (κ1) is 17.0. The highest BCUT2D eigenvalue weighted by Gasteiger charge is 2.08. The lowest BCUT2D eigenvalue weighted by atomic mass is 10.1. The van der Waals surface area contributed by atoms with Crippen molar-refractivity contribution < 1.29 is 14.6 Å². The van der Waals surface area contributed by atoms with Crippen LogP contribution in [0.4, 0.5) is 5.69 Å². The number of aryl methyl sites for hydroxylation is 2. The molecular formula is C19H23NO3. The monoisotopic (exact) mass is 313 g/mol. The molecule has 0 bridgehead atoms. The van der Waals surface area contributed by atoms with Crippen molar-refractivity contribution in [3.8, 4) is 5.75 Å². The summed E-state index contributed by atoms with van der Waals surface area (Å²) >= 11 is 0. The van der Waals surface area contributed by atoms with Gasteiger partial charge in [-0.3, -0.25) is 4.79 Å². The minimum absolute atomic E-state index is 0.0525. The summed E-state index contributed by atoms with van der Waals surface area (Å²) in [4.78, 5) is 12.0. The number of nitrogens with one attached hydrogen (secondary N) is 1. The van der Waals surface area contributed by atoms with Gasteiger partial charge in [0.2, 0.25) is 0 Å². The lowest BCUT2D eigenvalue weighted by Crippen LogP contribution is -2.20. The molecule has 0 heterocycles. The molecule has 0 aliphatic heterocycles. The van der Waals surface area contributed by atoms with Gasteiger partial charge in [0.15, 0.2) is 6.61 Å². The number of anilines is 1. The van der Waals surface area contributed by atoms with Crippen LogP contribution in [0.1, 0.15) is 36.1 Å². The maximum Gasteiger partial charge on any atom is 0.262 e. The third-order valence-corrected chi connectivity index (χ3v) is 3.69. The van der Waals surface area contributed by atoms with Crippen molar-refractivity contribution in [3.05, 3.63) is 59.2 Å². The molecule has 0 radical (unpaired) electrons. The third kappa shape index (κ3) is 4.83. The quantitative estimate of drug-likeness (QED) is 0.853. The number of ether oxygens (including phenoxy) is 1. The average molecular weight is 313 g/mol. The first-order chi connectivity index (χ1) is 11.0. The van der Waals surface area contributed by atoms with Crippen LogP contribution in [0.5, 0.6) is 5.75 Å². The van der Waals surface area contributed by atoms with Crippen LogP contribution in [0.25, 0.3) is 0 Å². The Morgan fingerprint density at radius 3 is 2.52 bits per heavy atom. The smallest absolute Gasteiger partial charge is 0.262 e. The van der Waals surface area contributed by atoms with Gasteiger partial charge in [-0.05, 0) is 55.2 Å². The number of aliphatic hydroxyl groups excluding tert-OH is 1. The standard InChI is InChI=1S/C19H23NO3/c1-4-18(21)15-7-9-16(10-8-15)23-12-19(22)20-17-11-13(2)5-6-14(17)3/h5-11,18,21H,4,12H2,1-3H3,(H,20,22). The summed E-state index contributed by atoms with van der Waals surface area (Å²) in [7, 11) is 0. The number of carbonyl (C=O) groups excluding carboxylic acids is 1. The van der Waals surface area contributed by atoms with Gasteiger partial charge in [-0.25, -0.2) is 0 Å². The maximum atomic E-state index is 12.0. The zero-order valence-electron chi connectivity index (χ0n) is 13.8. The van der Waals surface area contributed by atoms with E-state index in [9.17, 15) is 9.90 Å². The number of carbonyl (C=O) groups is 1. The molecule has 0 aromatic heterocycles. The molecule has 1 amide bonds. The van der Waals surface area contributed by atoms with Crippen LogP contribution in [0.3, 0.4) is 0 Å². The average Bonchev–Trinajstić information content (AvgIpc) is 2.56. The Kier molecular flexibility index (Phi) is 5.77. The summed E-state index contributed by atoms with van der Waals surface area (Å²) in [5.41, 5.74) is 3.76. The van der Waals surface area contributed by atoms with E-state index in [0.717, 1.165) is 22.4 Å². The number of hydrogen-bond donors (Lipinski definition) is 2.